The molecule has 150 valence electrons. The largest absolute Gasteiger partial charge is 0.497 e. The summed E-state index contributed by atoms with van der Waals surface area (Å²) in [4.78, 5) is 27.5. The van der Waals surface area contributed by atoms with E-state index in [1.165, 1.54) is 4.90 Å². The van der Waals surface area contributed by atoms with Crippen LogP contribution in [-0.2, 0) is 4.79 Å². The first-order valence-electron chi connectivity index (χ1n) is 9.30. The minimum atomic E-state index is -0.186. The van der Waals surface area contributed by atoms with Gasteiger partial charge in [0.1, 0.15) is 24.1 Å². The van der Waals surface area contributed by atoms with E-state index in [9.17, 15) is 9.59 Å². The highest BCUT2D eigenvalue weighted by Gasteiger charge is 2.46. The summed E-state index contributed by atoms with van der Waals surface area (Å²) < 4.78 is 10.8. The minimum Gasteiger partial charge on any atom is -0.497 e. The highest BCUT2D eigenvalue weighted by Crippen LogP contribution is 2.27. The van der Waals surface area contributed by atoms with Crippen LogP contribution in [0.25, 0.3) is 0 Å². The zero-order valence-corrected chi connectivity index (χ0v) is 16.5. The highest BCUT2D eigenvalue weighted by atomic mass is 35.5. The Balaban J connectivity index is 0.00000261. The van der Waals surface area contributed by atoms with Gasteiger partial charge in [-0.3, -0.25) is 9.69 Å². The first-order valence-corrected chi connectivity index (χ1v) is 9.30. The van der Waals surface area contributed by atoms with Crippen LogP contribution in [0.4, 0.5) is 4.79 Å². The Bertz CT molecular complexity index is 621. The van der Waals surface area contributed by atoms with E-state index in [4.69, 9.17) is 9.47 Å². The molecular formula is C19H28ClN3O4. The van der Waals surface area contributed by atoms with Gasteiger partial charge in [0.15, 0.2) is 0 Å². The van der Waals surface area contributed by atoms with E-state index in [0.717, 1.165) is 56.8 Å². The fourth-order valence-corrected chi connectivity index (χ4v) is 3.46. The molecule has 2 saturated heterocycles. The van der Waals surface area contributed by atoms with Crippen molar-refractivity contribution in [1.29, 1.82) is 0 Å². The van der Waals surface area contributed by atoms with Crippen LogP contribution >= 0.6 is 12.4 Å². The number of rotatable bonds is 10. The van der Waals surface area contributed by atoms with Gasteiger partial charge in [-0.15, -0.1) is 12.4 Å². The number of fused-ring (bicyclic) bond motifs is 1. The molecule has 0 aliphatic carbocycles. The van der Waals surface area contributed by atoms with Crippen molar-refractivity contribution in [3.63, 3.8) is 0 Å². The number of unbranched alkanes of at least 4 members (excludes halogenated alkanes) is 1. The predicted molar refractivity (Wildman–Crippen MR) is 105 cm³/mol. The molecular weight excluding hydrogens is 370 g/mol. The van der Waals surface area contributed by atoms with Crippen molar-refractivity contribution >= 4 is 24.3 Å². The van der Waals surface area contributed by atoms with Crippen molar-refractivity contribution in [2.45, 2.75) is 31.7 Å². The third-order valence-electron chi connectivity index (χ3n) is 4.85. The Morgan fingerprint density at radius 1 is 1.19 bits per heavy atom. The summed E-state index contributed by atoms with van der Waals surface area (Å²) >= 11 is 0. The fourth-order valence-electron chi connectivity index (χ4n) is 3.46. The molecule has 2 aliphatic heterocycles. The van der Waals surface area contributed by atoms with Gasteiger partial charge in [0, 0.05) is 25.7 Å². The van der Waals surface area contributed by atoms with Gasteiger partial charge in [0.05, 0.1) is 7.11 Å². The number of hydrogen-bond donors (Lipinski definition) is 1. The summed E-state index contributed by atoms with van der Waals surface area (Å²) in [7, 11) is 1.63. The molecule has 0 bridgehead atoms. The molecule has 2 fully saturated rings. The van der Waals surface area contributed by atoms with E-state index in [1.54, 1.807) is 12.0 Å². The molecule has 0 saturated carbocycles. The number of urea groups is 1. The number of ether oxygens (including phenoxy) is 2. The monoisotopic (exact) mass is 397 g/mol. The summed E-state index contributed by atoms with van der Waals surface area (Å²) in [6, 6.07) is 7.25. The Hall–Kier alpha value is -1.99. The van der Waals surface area contributed by atoms with Gasteiger partial charge in [-0.1, -0.05) is 6.07 Å². The van der Waals surface area contributed by atoms with Crippen molar-refractivity contribution in [2.24, 2.45) is 0 Å². The standard InChI is InChI=1S/C19H27N3O4.ClH/c1-25-15-6-4-7-16(14-15)26-13-10-20-9-2-3-11-22-18(23)17-8-5-12-21(17)19(22)24;/h4,6-7,14,17,20H,2-3,5,8-13H2,1H3;1H. The topological polar surface area (TPSA) is 71.1 Å². The number of hydrogen-bond acceptors (Lipinski definition) is 5. The third kappa shape index (κ3) is 5.26. The first-order chi connectivity index (χ1) is 12.7. The van der Waals surface area contributed by atoms with E-state index in [-0.39, 0.29) is 30.4 Å². The number of nitrogens with zero attached hydrogens (tertiary/aromatic N) is 2. The Morgan fingerprint density at radius 2 is 2.00 bits per heavy atom. The smallest absolute Gasteiger partial charge is 0.327 e. The summed E-state index contributed by atoms with van der Waals surface area (Å²) in [6.45, 7) is 3.40. The van der Waals surface area contributed by atoms with Crippen LogP contribution in [-0.4, -0.2) is 67.7 Å². The SMILES string of the molecule is COc1cccc(OCCNCCCCN2C(=O)C3CCCN3C2=O)c1.Cl. The summed E-state index contributed by atoms with van der Waals surface area (Å²) in [6.07, 6.45) is 3.50. The van der Waals surface area contributed by atoms with Crippen molar-refractivity contribution in [1.82, 2.24) is 15.1 Å². The van der Waals surface area contributed by atoms with Gasteiger partial charge < -0.3 is 19.7 Å². The minimum absolute atomic E-state index is 0. The number of halogens is 1. The maximum atomic E-state index is 12.2. The number of nitrogens with one attached hydrogen (secondary N) is 1. The first kappa shape index (κ1) is 21.3. The lowest BCUT2D eigenvalue weighted by molar-refractivity contribution is -0.128. The third-order valence-corrected chi connectivity index (χ3v) is 4.85. The average molecular weight is 398 g/mol. The zero-order valence-electron chi connectivity index (χ0n) is 15.7. The van der Waals surface area contributed by atoms with E-state index in [2.05, 4.69) is 5.32 Å². The van der Waals surface area contributed by atoms with Crippen LogP contribution in [0.5, 0.6) is 11.5 Å². The van der Waals surface area contributed by atoms with Crippen molar-refractivity contribution in [3.05, 3.63) is 24.3 Å². The van der Waals surface area contributed by atoms with E-state index < -0.39 is 0 Å². The van der Waals surface area contributed by atoms with Crippen molar-refractivity contribution in [3.8, 4) is 11.5 Å². The molecule has 8 heteroatoms. The lowest BCUT2D eigenvalue weighted by atomic mass is 10.2. The molecule has 1 N–H and O–H groups in total. The number of amides is 3. The second-order valence-electron chi connectivity index (χ2n) is 6.61. The molecule has 3 amide bonds. The van der Waals surface area contributed by atoms with E-state index in [1.807, 2.05) is 24.3 Å². The molecule has 1 atom stereocenters. The molecule has 27 heavy (non-hydrogen) atoms. The van der Waals surface area contributed by atoms with Crippen molar-refractivity contribution in [2.75, 3.05) is 39.9 Å². The second kappa shape index (κ2) is 10.4. The lowest BCUT2D eigenvalue weighted by Gasteiger charge is -2.15. The van der Waals surface area contributed by atoms with E-state index >= 15 is 0 Å². The highest BCUT2D eigenvalue weighted by molar-refractivity contribution is 6.04. The van der Waals surface area contributed by atoms with Crippen LogP contribution in [0.3, 0.4) is 0 Å². The molecule has 0 spiro atoms. The van der Waals surface area contributed by atoms with Gasteiger partial charge in [0.25, 0.3) is 5.91 Å². The fraction of sp³-hybridized carbons (Fsp3) is 0.579. The molecule has 2 heterocycles. The Morgan fingerprint density at radius 3 is 2.78 bits per heavy atom. The van der Waals surface area contributed by atoms with Gasteiger partial charge in [0.2, 0.25) is 0 Å². The molecule has 1 unspecified atom stereocenters. The lowest BCUT2D eigenvalue weighted by Crippen LogP contribution is -2.34. The molecule has 2 aliphatic rings. The number of benzene rings is 1. The molecule has 0 aromatic heterocycles. The maximum Gasteiger partial charge on any atom is 0.327 e. The number of carbonyl (C=O) groups excluding carboxylic acids is 2. The normalized spacial score (nSPS) is 18.5. The molecule has 0 radical (unpaired) electrons. The summed E-state index contributed by atoms with van der Waals surface area (Å²) in [5.74, 6) is 1.56. The molecule has 7 nitrogen and oxygen atoms in total. The number of methoxy groups -OCH3 is 1. The van der Waals surface area contributed by atoms with E-state index in [0.29, 0.717) is 13.2 Å². The maximum absolute atomic E-state index is 12.2. The predicted octanol–water partition coefficient (Wildman–Crippen LogP) is 2.29. The number of imide groups is 1. The second-order valence-corrected chi connectivity index (χ2v) is 6.61. The van der Waals surface area contributed by atoms with Crippen LogP contribution < -0.4 is 14.8 Å². The quantitative estimate of drug-likeness (QED) is 0.484. The molecule has 1 aromatic rings. The van der Waals surface area contributed by atoms with Crippen LogP contribution in [0.15, 0.2) is 24.3 Å². The van der Waals surface area contributed by atoms with Crippen molar-refractivity contribution < 1.29 is 19.1 Å². The van der Waals surface area contributed by atoms with Gasteiger partial charge >= 0.3 is 6.03 Å². The van der Waals surface area contributed by atoms with Crippen LogP contribution in [0, 0.1) is 0 Å². The van der Waals surface area contributed by atoms with Gasteiger partial charge in [-0.25, -0.2) is 4.79 Å². The summed E-state index contributed by atoms with van der Waals surface area (Å²) in [5.41, 5.74) is 0. The van der Waals surface area contributed by atoms with Crippen LogP contribution in [0.2, 0.25) is 0 Å². The van der Waals surface area contributed by atoms with Crippen LogP contribution in [0.1, 0.15) is 25.7 Å². The Kier molecular flexibility index (Phi) is 8.19. The Labute approximate surface area is 166 Å². The van der Waals surface area contributed by atoms with Gasteiger partial charge in [-0.05, 0) is 44.4 Å². The zero-order chi connectivity index (χ0) is 18.4. The molecule has 3 rings (SSSR count). The molecule has 1 aromatic carbocycles. The number of carbonyl (C=O) groups is 2. The summed E-state index contributed by atoms with van der Waals surface area (Å²) in [5, 5.41) is 3.32. The van der Waals surface area contributed by atoms with Gasteiger partial charge in [-0.2, -0.15) is 0 Å². The average Bonchev–Trinajstić information content (AvgIpc) is 3.23.